The summed E-state index contributed by atoms with van der Waals surface area (Å²) in [5.74, 6) is -1.44. The Bertz CT molecular complexity index is 820. The highest BCUT2D eigenvalue weighted by atomic mass is 16.4. The van der Waals surface area contributed by atoms with Gasteiger partial charge in [-0.3, -0.25) is 4.79 Å². The molecule has 0 bridgehead atoms. The molecule has 0 saturated carbocycles. The number of fused-ring (bicyclic) bond motifs is 1. The number of hydrogen-bond acceptors (Lipinski definition) is 3. The number of rotatable bonds is 7. The molecule has 2 aromatic rings. The number of benzene rings is 1. The standard InChI is InChI=1S/C19H24N2O4/c1-5-8-21-16-7-6-13(11(2)3)9-14(16)12(4)17(21)18(23)20-15(10-22)19(24)25/h5-7,9,11,15,22H,1,8,10H2,2-4H3,(H,20,23)(H,24,25). The zero-order chi connectivity index (χ0) is 18.7. The van der Waals surface area contributed by atoms with Gasteiger partial charge in [0.2, 0.25) is 0 Å². The Morgan fingerprint density at radius 1 is 1.36 bits per heavy atom. The predicted octanol–water partition coefficient (Wildman–Crippen LogP) is 2.43. The van der Waals surface area contributed by atoms with Gasteiger partial charge in [0.05, 0.1) is 6.61 Å². The van der Waals surface area contributed by atoms with Gasteiger partial charge in [-0.15, -0.1) is 6.58 Å². The van der Waals surface area contributed by atoms with Crippen LogP contribution in [0.2, 0.25) is 0 Å². The molecule has 0 aliphatic heterocycles. The molecule has 1 heterocycles. The minimum atomic E-state index is -1.34. The third kappa shape index (κ3) is 3.58. The number of allylic oxidation sites excluding steroid dienone is 1. The summed E-state index contributed by atoms with van der Waals surface area (Å²) < 4.78 is 1.81. The van der Waals surface area contributed by atoms with Crippen LogP contribution in [0.15, 0.2) is 30.9 Å². The Morgan fingerprint density at radius 2 is 2.04 bits per heavy atom. The number of amides is 1. The van der Waals surface area contributed by atoms with Crippen molar-refractivity contribution in [2.75, 3.05) is 6.61 Å². The lowest BCUT2D eigenvalue weighted by Crippen LogP contribution is -2.44. The number of nitrogens with one attached hydrogen (secondary N) is 1. The van der Waals surface area contributed by atoms with Crippen molar-refractivity contribution in [3.8, 4) is 0 Å². The highest BCUT2D eigenvalue weighted by Crippen LogP contribution is 2.29. The van der Waals surface area contributed by atoms with Crippen LogP contribution in [0.25, 0.3) is 10.9 Å². The summed E-state index contributed by atoms with van der Waals surface area (Å²) in [6.07, 6.45) is 1.69. The molecule has 1 atom stereocenters. The van der Waals surface area contributed by atoms with Crippen LogP contribution in [-0.2, 0) is 11.3 Å². The molecule has 0 spiro atoms. The number of carbonyl (C=O) groups is 2. The van der Waals surface area contributed by atoms with E-state index in [1.807, 2.05) is 23.6 Å². The predicted molar refractivity (Wildman–Crippen MR) is 96.9 cm³/mol. The first-order valence-corrected chi connectivity index (χ1v) is 8.20. The van der Waals surface area contributed by atoms with E-state index in [2.05, 4.69) is 31.8 Å². The van der Waals surface area contributed by atoms with Gasteiger partial charge in [0.15, 0.2) is 6.04 Å². The van der Waals surface area contributed by atoms with Crippen LogP contribution in [0.5, 0.6) is 0 Å². The first-order valence-electron chi connectivity index (χ1n) is 8.20. The zero-order valence-corrected chi connectivity index (χ0v) is 14.7. The van der Waals surface area contributed by atoms with Crippen molar-refractivity contribution in [2.24, 2.45) is 0 Å². The highest BCUT2D eigenvalue weighted by Gasteiger charge is 2.25. The Kier molecular flexibility index (Phi) is 5.64. The second-order valence-corrected chi connectivity index (χ2v) is 6.35. The number of aryl methyl sites for hydroxylation is 1. The van der Waals surface area contributed by atoms with E-state index in [4.69, 9.17) is 10.2 Å². The molecule has 25 heavy (non-hydrogen) atoms. The average Bonchev–Trinajstić information content (AvgIpc) is 2.84. The molecule has 0 aliphatic rings. The van der Waals surface area contributed by atoms with Gasteiger partial charge in [0.1, 0.15) is 5.69 Å². The molecule has 0 radical (unpaired) electrons. The van der Waals surface area contributed by atoms with E-state index in [9.17, 15) is 9.59 Å². The maximum Gasteiger partial charge on any atom is 0.328 e. The quantitative estimate of drug-likeness (QED) is 0.673. The second-order valence-electron chi connectivity index (χ2n) is 6.35. The molecule has 0 fully saturated rings. The fourth-order valence-electron chi connectivity index (χ4n) is 2.92. The first kappa shape index (κ1) is 18.7. The molecule has 1 amide bonds. The van der Waals surface area contributed by atoms with Crippen molar-refractivity contribution in [1.29, 1.82) is 0 Å². The summed E-state index contributed by atoms with van der Waals surface area (Å²) in [4.78, 5) is 23.8. The number of nitrogens with zero attached hydrogens (tertiary/aromatic N) is 1. The third-order valence-corrected chi connectivity index (χ3v) is 4.32. The van der Waals surface area contributed by atoms with Crippen molar-refractivity contribution in [3.63, 3.8) is 0 Å². The Balaban J connectivity index is 2.59. The van der Waals surface area contributed by atoms with Crippen LogP contribution < -0.4 is 5.32 Å². The number of carboxylic acid groups (broad SMARTS) is 1. The van der Waals surface area contributed by atoms with E-state index >= 15 is 0 Å². The van der Waals surface area contributed by atoms with Crippen molar-refractivity contribution in [1.82, 2.24) is 9.88 Å². The molecule has 2 rings (SSSR count). The summed E-state index contributed by atoms with van der Waals surface area (Å²) in [6.45, 7) is 9.54. The number of aliphatic hydroxyl groups is 1. The van der Waals surface area contributed by atoms with Crippen molar-refractivity contribution >= 4 is 22.8 Å². The van der Waals surface area contributed by atoms with Gasteiger partial charge in [0.25, 0.3) is 5.91 Å². The maximum atomic E-state index is 12.7. The lowest BCUT2D eigenvalue weighted by Gasteiger charge is -2.14. The largest absolute Gasteiger partial charge is 0.480 e. The van der Waals surface area contributed by atoms with Crippen LogP contribution in [0.4, 0.5) is 0 Å². The molecular formula is C19H24N2O4. The lowest BCUT2D eigenvalue weighted by molar-refractivity contribution is -0.140. The second kappa shape index (κ2) is 7.53. The van der Waals surface area contributed by atoms with E-state index in [0.29, 0.717) is 18.2 Å². The summed E-state index contributed by atoms with van der Waals surface area (Å²) in [5, 5.41) is 21.5. The van der Waals surface area contributed by atoms with Crippen LogP contribution in [-0.4, -0.2) is 39.3 Å². The van der Waals surface area contributed by atoms with Gasteiger partial charge in [-0.1, -0.05) is 26.0 Å². The Morgan fingerprint density at radius 3 is 2.56 bits per heavy atom. The lowest BCUT2D eigenvalue weighted by atomic mass is 10.0. The van der Waals surface area contributed by atoms with Crippen LogP contribution in [0, 0.1) is 6.92 Å². The first-order chi connectivity index (χ1) is 11.8. The summed E-state index contributed by atoms with van der Waals surface area (Å²) >= 11 is 0. The van der Waals surface area contributed by atoms with Gasteiger partial charge < -0.3 is 20.1 Å². The van der Waals surface area contributed by atoms with E-state index in [1.54, 1.807) is 6.08 Å². The number of aromatic nitrogens is 1. The SMILES string of the molecule is C=CCn1c(C(=O)NC(CO)C(=O)O)c(C)c2cc(C(C)C)ccc21. The number of carboxylic acids is 1. The maximum absolute atomic E-state index is 12.7. The third-order valence-electron chi connectivity index (χ3n) is 4.32. The van der Waals surface area contributed by atoms with Crippen LogP contribution >= 0.6 is 0 Å². The minimum Gasteiger partial charge on any atom is -0.480 e. The van der Waals surface area contributed by atoms with Crippen molar-refractivity contribution in [3.05, 3.63) is 47.7 Å². The number of aliphatic hydroxyl groups excluding tert-OH is 1. The van der Waals surface area contributed by atoms with E-state index in [1.165, 1.54) is 0 Å². The molecule has 1 aromatic heterocycles. The molecule has 6 nitrogen and oxygen atoms in total. The zero-order valence-electron chi connectivity index (χ0n) is 14.7. The summed E-state index contributed by atoms with van der Waals surface area (Å²) in [5.41, 5.74) is 3.22. The van der Waals surface area contributed by atoms with E-state index < -0.39 is 24.5 Å². The topological polar surface area (TPSA) is 91.6 Å². The number of hydrogen-bond donors (Lipinski definition) is 3. The van der Waals surface area contributed by atoms with Gasteiger partial charge >= 0.3 is 5.97 Å². The molecule has 0 aliphatic carbocycles. The normalized spacial score (nSPS) is 12.4. The highest BCUT2D eigenvalue weighted by molar-refractivity contribution is 6.03. The van der Waals surface area contributed by atoms with E-state index in [-0.39, 0.29) is 0 Å². The Hall–Kier alpha value is -2.60. The van der Waals surface area contributed by atoms with Crippen LogP contribution in [0.3, 0.4) is 0 Å². The van der Waals surface area contributed by atoms with Crippen molar-refractivity contribution < 1.29 is 19.8 Å². The number of carbonyl (C=O) groups excluding carboxylic acids is 1. The van der Waals surface area contributed by atoms with E-state index in [0.717, 1.165) is 22.0 Å². The van der Waals surface area contributed by atoms with Crippen molar-refractivity contribution in [2.45, 2.75) is 39.3 Å². The van der Waals surface area contributed by atoms with Gasteiger partial charge in [-0.25, -0.2) is 4.79 Å². The molecule has 0 saturated heterocycles. The number of aliphatic carboxylic acids is 1. The van der Waals surface area contributed by atoms with Gasteiger partial charge in [-0.2, -0.15) is 0 Å². The molecule has 3 N–H and O–H groups in total. The molecular weight excluding hydrogens is 320 g/mol. The molecule has 1 aromatic carbocycles. The fourth-order valence-corrected chi connectivity index (χ4v) is 2.92. The van der Waals surface area contributed by atoms with Gasteiger partial charge in [-0.05, 0) is 36.1 Å². The molecule has 134 valence electrons. The molecule has 1 unspecified atom stereocenters. The molecule has 6 heteroatoms. The summed E-state index contributed by atoms with van der Waals surface area (Å²) in [6, 6.07) is 4.72. The Labute approximate surface area is 146 Å². The van der Waals surface area contributed by atoms with Gasteiger partial charge in [0, 0.05) is 17.4 Å². The summed E-state index contributed by atoms with van der Waals surface area (Å²) in [7, 11) is 0. The van der Waals surface area contributed by atoms with Crippen LogP contribution in [0.1, 0.15) is 41.4 Å². The smallest absolute Gasteiger partial charge is 0.328 e. The average molecular weight is 344 g/mol. The fraction of sp³-hybridized carbons (Fsp3) is 0.368. The monoisotopic (exact) mass is 344 g/mol. The minimum absolute atomic E-state index is 0.356.